The monoisotopic (exact) mass is 351 g/mol. The zero-order valence-corrected chi connectivity index (χ0v) is 14.9. The van der Waals surface area contributed by atoms with Crippen LogP contribution in [0.2, 0.25) is 0 Å². The van der Waals surface area contributed by atoms with Gasteiger partial charge in [-0.15, -0.1) is 0 Å². The Morgan fingerprint density at radius 1 is 0.846 bits per heavy atom. The summed E-state index contributed by atoms with van der Waals surface area (Å²) in [4.78, 5) is 26.7. The average molecular weight is 351 g/mol. The number of para-hydroxylation sites is 1. The molecule has 0 saturated carbocycles. The van der Waals surface area contributed by atoms with Crippen LogP contribution in [0.3, 0.4) is 0 Å². The van der Waals surface area contributed by atoms with Crippen LogP contribution in [0.1, 0.15) is 36.0 Å². The fourth-order valence-electron chi connectivity index (χ4n) is 3.13. The predicted octanol–water partition coefficient (Wildman–Crippen LogP) is 3.75. The SMILES string of the molecule is O=C(CNc1cccc(C(=O)N2CCCCCC2)c1)Nc1ccccc1. The number of hydrogen-bond donors (Lipinski definition) is 2. The number of nitrogens with zero attached hydrogens (tertiary/aromatic N) is 1. The van der Waals surface area contributed by atoms with Gasteiger partial charge in [0.15, 0.2) is 0 Å². The Kier molecular flexibility index (Phi) is 6.25. The maximum Gasteiger partial charge on any atom is 0.253 e. The van der Waals surface area contributed by atoms with E-state index >= 15 is 0 Å². The highest BCUT2D eigenvalue weighted by Crippen LogP contribution is 2.16. The van der Waals surface area contributed by atoms with E-state index < -0.39 is 0 Å². The molecule has 26 heavy (non-hydrogen) atoms. The molecular formula is C21H25N3O2. The van der Waals surface area contributed by atoms with Gasteiger partial charge in [0, 0.05) is 30.0 Å². The first-order valence-electron chi connectivity index (χ1n) is 9.20. The quantitative estimate of drug-likeness (QED) is 0.862. The van der Waals surface area contributed by atoms with Crippen molar-refractivity contribution in [2.75, 3.05) is 30.3 Å². The average Bonchev–Trinajstić information content (AvgIpc) is 2.96. The normalized spacial score (nSPS) is 14.4. The fraction of sp³-hybridized carbons (Fsp3) is 0.333. The number of benzene rings is 2. The second kappa shape index (κ2) is 9.04. The maximum atomic E-state index is 12.7. The van der Waals surface area contributed by atoms with Crippen LogP contribution >= 0.6 is 0 Å². The van der Waals surface area contributed by atoms with Crippen LogP contribution in [0.15, 0.2) is 54.6 Å². The van der Waals surface area contributed by atoms with E-state index in [9.17, 15) is 9.59 Å². The predicted molar refractivity (Wildman–Crippen MR) is 104 cm³/mol. The van der Waals surface area contributed by atoms with Gasteiger partial charge in [-0.05, 0) is 43.2 Å². The standard InChI is InChI=1S/C21H25N3O2/c25-20(23-18-10-4-3-5-11-18)16-22-19-12-8-9-17(15-19)21(26)24-13-6-1-2-7-14-24/h3-5,8-12,15,22H,1-2,6-7,13-14,16H2,(H,23,25). The summed E-state index contributed by atoms with van der Waals surface area (Å²) in [5, 5.41) is 5.92. The summed E-state index contributed by atoms with van der Waals surface area (Å²) in [5.74, 6) is -0.0512. The largest absolute Gasteiger partial charge is 0.376 e. The van der Waals surface area contributed by atoms with E-state index in [2.05, 4.69) is 10.6 Å². The first-order chi connectivity index (χ1) is 12.7. The summed E-state index contributed by atoms with van der Waals surface area (Å²) in [7, 11) is 0. The van der Waals surface area contributed by atoms with Gasteiger partial charge >= 0.3 is 0 Å². The Morgan fingerprint density at radius 2 is 1.54 bits per heavy atom. The highest BCUT2D eigenvalue weighted by Gasteiger charge is 2.17. The Balaban J connectivity index is 1.56. The lowest BCUT2D eigenvalue weighted by Gasteiger charge is -2.20. The lowest BCUT2D eigenvalue weighted by atomic mass is 10.1. The van der Waals surface area contributed by atoms with Crippen molar-refractivity contribution >= 4 is 23.2 Å². The second-order valence-corrected chi connectivity index (χ2v) is 6.55. The van der Waals surface area contributed by atoms with Crippen LogP contribution in [0.4, 0.5) is 11.4 Å². The number of rotatable bonds is 5. The van der Waals surface area contributed by atoms with Gasteiger partial charge in [-0.3, -0.25) is 9.59 Å². The smallest absolute Gasteiger partial charge is 0.253 e. The van der Waals surface area contributed by atoms with Crippen LogP contribution in [0.5, 0.6) is 0 Å². The van der Waals surface area contributed by atoms with E-state index in [4.69, 9.17) is 0 Å². The van der Waals surface area contributed by atoms with Crippen LogP contribution in [-0.2, 0) is 4.79 Å². The highest BCUT2D eigenvalue weighted by atomic mass is 16.2. The van der Waals surface area contributed by atoms with Crippen molar-refractivity contribution in [2.45, 2.75) is 25.7 Å². The van der Waals surface area contributed by atoms with Gasteiger partial charge in [0.2, 0.25) is 5.91 Å². The van der Waals surface area contributed by atoms with E-state index in [1.54, 1.807) is 0 Å². The number of carbonyl (C=O) groups is 2. The van der Waals surface area contributed by atoms with E-state index in [0.717, 1.165) is 37.3 Å². The van der Waals surface area contributed by atoms with Crippen molar-refractivity contribution < 1.29 is 9.59 Å². The Labute approximate surface area is 154 Å². The minimum atomic E-state index is -0.125. The first kappa shape index (κ1) is 18.0. The zero-order valence-electron chi connectivity index (χ0n) is 14.9. The molecule has 0 radical (unpaired) electrons. The van der Waals surface area contributed by atoms with Crippen molar-refractivity contribution in [3.05, 3.63) is 60.2 Å². The number of anilines is 2. The number of hydrogen-bond acceptors (Lipinski definition) is 3. The zero-order chi connectivity index (χ0) is 18.2. The summed E-state index contributed by atoms with van der Waals surface area (Å²) in [5.41, 5.74) is 2.21. The van der Waals surface area contributed by atoms with Gasteiger partial charge in [0.1, 0.15) is 0 Å². The summed E-state index contributed by atoms with van der Waals surface area (Å²) in [6.07, 6.45) is 4.54. The summed E-state index contributed by atoms with van der Waals surface area (Å²) in [6, 6.07) is 16.7. The van der Waals surface area contributed by atoms with Gasteiger partial charge in [0.05, 0.1) is 6.54 Å². The lowest BCUT2D eigenvalue weighted by molar-refractivity contribution is -0.114. The van der Waals surface area contributed by atoms with Crippen molar-refractivity contribution in [1.82, 2.24) is 4.90 Å². The molecule has 0 aromatic heterocycles. The number of carbonyl (C=O) groups excluding carboxylic acids is 2. The molecule has 1 fully saturated rings. The molecule has 0 atom stereocenters. The van der Waals surface area contributed by atoms with Gasteiger partial charge in [0.25, 0.3) is 5.91 Å². The van der Waals surface area contributed by atoms with Crippen molar-refractivity contribution in [1.29, 1.82) is 0 Å². The topological polar surface area (TPSA) is 61.4 Å². The van der Waals surface area contributed by atoms with Crippen molar-refractivity contribution in [3.63, 3.8) is 0 Å². The molecule has 2 aromatic rings. The molecule has 0 aliphatic carbocycles. The molecule has 0 bridgehead atoms. The summed E-state index contributed by atoms with van der Waals surface area (Å²) in [6.45, 7) is 1.81. The molecule has 1 aliphatic rings. The Bertz CT molecular complexity index is 738. The molecule has 1 aliphatic heterocycles. The lowest BCUT2D eigenvalue weighted by Crippen LogP contribution is -2.31. The van der Waals surface area contributed by atoms with Crippen molar-refractivity contribution in [3.8, 4) is 0 Å². The molecule has 2 aromatic carbocycles. The minimum absolute atomic E-state index is 0.0734. The molecule has 0 spiro atoms. The molecule has 1 saturated heterocycles. The molecule has 1 heterocycles. The van der Waals surface area contributed by atoms with Gasteiger partial charge in [-0.25, -0.2) is 0 Å². The first-order valence-corrected chi connectivity index (χ1v) is 9.20. The molecule has 2 N–H and O–H groups in total. The molecule has 5 nitrogen and oxygen atoms in total. The van der Waals surface area contributed by atoms with Crippen molar-refractivity contribution in [2.24, 2.45) is 0 Å². The molecular weight excluding hydrogens is 326 g/mol. The maximum absolute atomic E-state index is 12.7. The van der Waals surface area contributed by atoms with E-state index in [1.165, 1.54) is 12.8 Å². The third kappa shape index (κ3) is 5.09. The van der Waals surface area contributed by atoms with Gasteiger partial charge in [-0.2, -0.15) is 0 Å². The Hall–Kier alpha value is -2.82. The summed E-state index contributed by atoms with van der Waals surface area (Å²) >= 11 is 0. The molecule has 5 heteroatoms. The number of nitrogens with one attached hydrogen (secondary N) is 2. The third-order valence-corrected chi connectivity index (χ3v) is 4.51. The van der Waals surface area contributed by atoms with E-state index in [-0.39, 0.29) is 18.4 Å². The van der Waals surface area contributed by atoms with Crippen LogP contribution in [-0.4, -0.2) is 36.3 Å². The Morgan fingerprint density at radius 3 is 2.27 bits per heavy atom. The van der Waals surface area contributed by atoms with Crippen LogP contribution in [0.25, 0.3) is 0 Å². The van der Waals surface area contributed by atoms with Crippen LogP contribution in [0, 0.1) is 0 Å². The molecule has 136 valence electrons. The highest BCUT2D eigenvalue weighted by molar-refractivity contribution is 5.96. The number of amides is 2. The molecule has 3 rings (SSSR count). The molecule has 0 unspecified atom stereocenters. The fourth-order valence-corrected chi connectivity index (χ4v) is 3.13. The van der Waals surface area contributed by atoms with E-state index in [0.29, 0.717) is 5.56 Å². The number of likely N-dealkylation sites (tertiary alicyclic amines) is 1. The summed E-state index contributed by atoms with van der Waals surface area (Å²) < 4.78 is 0. The van der Waals surface area contributed by atoms with Crippen LogP contribution < -0.4 is 10.6 Å². The second-order valence-electron chi connectivity index (χ2n) is 6.55. The van der Waals surface area contributed by atoms with E-state index in [1.807, 2.05) is 59.5 Å². The van der Waals surface area contributed by atoms with Gasteiger partial charge in [-0.1, -0.05) is 37.1 Å². The minimum Gasteiger partial charge on any atom is -0.376 e. The molecule has 2 amide bonds. The third-order valence-electron chi connectivity index (χ3n) is 4.51. The van der Waals surface area contributed by atoms with Gasteiger partial charge < -0.3 is 15.5 Å².